The molecule has 0 bridgehead atoms. The summed E-state index contributed by atoms with van der Waals surface area (Å²) in [6, 6.07) is 4.11. The van der Waals surface area contributed by atoms with Gasteiger partial charge in [-0.2, -0.15) is 0 Å². The monoisotopic (exact) mass is 291 g/mol. The highest BCUT2D eigenvalue weighted by Crippen LogP contribution is 2.16. The lowest BCUT2D eigenvalue weighted by Gasteiger charge is -2.33. The number of nitrogens with one attached hydrogen (secondary N) is 2. The van der Waals surface area contributed by atoms with Gasteiger partial charge in [-0.3, -0.25) is 4.79 Å². The third kappa shape index (κ3) is 4.41. The molecule has 6 heteroatoms. The third-order valence-electron chi connectivity index (χ3n) is 4.04. The van der Waals surface area contributed by atoms with Crippen molar-refractivity contribution in [2.75, 3.05) is 25.1 Å². The predicted octanol–water partition coefficient (Wildman–Crippen LogP) is 1.36. The number of hydrogen-bond donors (Lipinski definition) is 3. The molecule has 0 saturated carbocycles. The molecular formula is C15H25N5O. The number of hydrazine groups is 1. The summed E-state index contributed by atoms with van der Waals surface area (Å²) in [5, 5.41) is 2.93. The minimum atomic E-state index is -0.136. The lowest BCUT2D eigenvalue weighted by molar-refractivity contribution is 0.0949. The minimum absolute atomic E-state index is 0.136. The van der Waals surface area contributed by atoms with Gasteiger partial charge in [0.15, 0.2) is 5.82 Å². The third-order valence-corrected chi connectivity index (χ3v) is 4.04. The van der Waals surface area contributed by atoms with E-state index in [1.54, 1.807) is 18.3 Å². The molecule has 1 fully saturated rings. The number of likely N-dealkylation sites (tertiary alicyclic amines) is 1. The average Bonchev–Trinajstić information content (AvgIpc) is 2.52. The van der Waals surface area contributed by atoms with Gasteiger partial charge in [0.1, 0.15) is 0 Å². The van der Waals surface area contributed by atoms with Crippen LogP contribution in [0.4, 0.5) is 5.82 Å². The lowest BCUT2D eigenvalue weighted by atomic mass is 10.0. The topological polar surface area (TPSA) is 83.3 Å². The first-order valence-electron chi connectivity index (χ1n) is 7.66. The maximum Gasteiger partial charge on any atom is 0.255 e. The van der Waals surface area contributed by atoms with Crippen molar-refractivity contribution in [3.8, 4) is 0 Å². The summed E-state index contributed by atoms with van der Waals surface area (Å²) in [4.78, 5) is 18.6. The molecule has 1 aromatic rings. The summed E-state index contributed by atoms with van der Waals surface area (Å²) >= 11 is 0. The lowest BCUT2D eigenvalue weighted by Crippen LogP contribution is -2.39. The molecule has 1 aliphatic heterocycles. The van der Waals surface area contributed by atoms with E-state index >= 15 is 0 Å². The Morgan fingerprint density at radius 3 is 3.14 bits per heavy atom. The van der Waals surface area contributed by atoms with Gasteiger partial charge in [0.25, 0.3) is 5.91 Å². The number of amides is 1. The van der Waals surface area contributed by atoms with Crippen molar-refractivity contribution in [1.29, 1.82) is 0 Å². The maximum atomic E-state index is 12.1. The number of carbonyl (C=O) groups is 1. The Labute approximate surface area is 126 Å². The number of rotatable bonds is 6. The van der Waals surface area contributed by atoms with Crippen LogP contribution in [0.15, 0.2) is 18.3 Å². The highest BCUT2D eigenvalue weighted by Gasteiger charge is 2.17. The fourth-order valence-corrected chi connectivity index (χ4v) is 2.77. The van der Waals surface area contributed by atoms with Gasteiger partial charge in [0, 0.05) is 25.3 Å². The van der Waals surface area contributed by atoms with E-state index < -0.39 is 0 Å². The second-order valence-corrected chi connectivity index (χ2v) is 5.53. The van der Waals surface area contributed by atoms with E-state index in [9.17, 15) is 4.79 Å². The first-order valence-corrected chi connectivity index (χ1v) is 7.66. The number of piperidine rings is 1. The Hall–Kier alpha value is -1.66. The number of aromatic nitrogens is 1. The zero-order valence-electron chi connectivity index (χ0n) is 12.6. The van der Waals surface area contributed by atoms with Crippen molar-refractivity contribution in [1.82, 2.24) is 15.2 Å². The van der Waals surface area contributed by atoms with Crippen molar-refractivity contribution < 1.29 is 4.79 Å². The molecule has 6 nitrogen and oxygen atoms in total. The zero-order chi connectivity index (χ0) is 15.1. The number of anilines is 1. The molecule has 0 aromatic carbocycles. The van der Waals surface area contributed by atoms with E-state index in [0.29, 0.717) is 24.0 Å². The van der Waals surface area contributed by atoms with Crippen molar-refractivity contribution in [2.45, 2.75) is 38.6 Å². The van der Waals surface area contributed by atoms with Crippen LogP contribution in [0, 0.1) is 0 Å². The van der Waals surface area contributed by atoms with E-state index in [1.807, 2.05) is 0 Å². The van der Waals surface area contributed by atoms with Crippen LogP contribution in [0.5, 0.6) is 0 Å². The minimum Gasteiger partial charge on any atom is -0.352 e. The molecular weight excluding hydrogens is 266 g/mol. The fraction of sp³-hybridized carbons (Fsp3) is 0.600. The van der Waals surface area contributed by atoms with Gasteiger partial charge >= 0.3 is 0 Å². The number of nitrogens with zero attached hydrogens (tertiary/aromatic N) is 2. The van der Waals surface area contributed by atoms with Gasteiger partial charge in [-0.1, -0.05) is 6.42 Å². The van der Waals surface area contributed by atoms with Crippen LogP contribution in [0.2, 0.25) is 0 Å². The normalized spacial score (nSPS) is 19.2. The number of hydrogen-bond acceptors (Lipinski definition) is 5. The summed E-state index contributed by atoms with van der Waals surface area (Å²) in [5.74, 6) is 5.62. The molecule has 1 unspecified atom stereocenters. The van der Waals surface area contributed by atoms with Crippen molar-refractivity contribution in [3.63, 3.8) is 0 Å². The predicted molar refractivity (Wildman–Crippen MR) is 83.9 cm³/mol. The summed E-state index contributed by atoms with van der Waals surface area (Å²) in [6.07, 6.45) is 6.47. The smallest absolute Gasteiger partial charge is 0.255 e. The van der Waals surface area contributed by atoms with Gasteiger partial charge in [-0.05, 0) is 44.9 Å². The second kappa shape index (κ2) is 7.95. The van der Waals surface area contributed by atoms with Crippen molar-refractivity contribution in [2.24, 2.45) is 5.84 Å². The number of carbonyl (C=O) groups excluding carboxylic acids is 1. The highest BCUT2D eigenvalue weighted by atomic mass is 16.1. The van der Waals surface area contributed by atoms with Gasteiger partial charge in [0.05, 0.1) is 5.56 Å². The Kier molecular flexibility index (Phi) is 5.95. The average molecular weight is 291 g/mol. The number of nitrogens with two attached hydrogens (primary N) is 1. The molecule has 1 amide bonds. The van der Waals surface area contributed by atoms with Crippen LogP contribution in [0.1, 0.15) is 43.0 Å². The van der Waals surface area contributed by atoms with Crippen LogP contribution < -0.4 is 16.6 Å². The standard InChI is InChI=1S/C15H25N5O/c1-12-6-2-3-10-20(12)11-5-9-18-15(21)13-7-4-8-17-14(13)19-16/h4,7-8,12H,2-3,5-6,9-11,16H2,1H3,(H,17,19)(H,18,21). The van der Waals surface area contributed by atoms with Crippen LogP contribution in [0.3, 0.4) is 0 Å². The molecule has 2 heterocycles. The van der Waals surface area contributed by atoms with Crippen LogP contribution >= 0.6 is 0 Å². The van der Waals surface area contributed by atoms with Crippen LogP contribution in [0.25, 0.3) is 0 Å². The van der Waals surface area contributed by atoms with E-state index in [2.05, 4.69) is 27.6 Å². The Morgan fingerprint density at radius 1 is 1.52 bits per heavy atom. The maximum absolute atomic E-state index is 12.1. The first-order chi connectivity index (χ1) is 10.2. The Bertz CT molecular complexity index is 465. The molecule has 1 aromatic heterocycles. The van der Waals surface area contributed by atoms with Crippen LogP contribution in [-0.2, 0) is 0 Å². The quantitative estimate of drug-likeness (QED) is 0.419. The SMILES string of the molecule is CC1CCCCN1CCCNC(=O)c1cccnc1NN. The van der Waals surface area contributed by atoms with Gasteiger partial charge in [-0.15, -0.1) is 0 Å². The highest BCUT2D eigenvalue weighted by molar-refractivity contribution is 5.98. The molecule has 116 valence electrons. The largest absolute Gasteiger partial charge is 0.352 e. The first kappa shape index (κ1) is 15.7. The summed E-state index contributed by atoms with van der Waals surface area (Å²) in [5.41, 5.74) is 2.92. The van der Waals surface area contributed by atoms with E-state index in [0.717, 1.165) is 13.0 Å². The van der Waals surface area contributed by atoms with E-state index in [1.165, 1.54) is 25.8 Å². The van der Waals surface area contributed by atoms with Crippen LogP contribution in [-0.4, -0.2) is 41.5 Å². The Balaban J connectivity index is 1.74. The fourth-order valence-electron chi connectivity index (χ4n) is 2.77. The second-order valence-electron chi connectivity index (χ2n) is 5.53. The van der Waals surface area contributed by atoms with Gasteiger partial charge < -0.3 is 15.6 Å². The molecule has 1 atom stereocenters. The molecule has 0 aliphatic carbocycles. The summed E-state index contributed by atoms with van der Waals surface area (Å²) in [6.45, 7) is 5.17. The van der Waals surface area contributed by atoms with Crippen molar-refractivity contribution in [3.05, 3.63) is 23.9 Å². The molecule has 0 spiro atoms. The summed E-state index contributed by atoms with van der Waals surface area (Å²) < 4.78 is 0. The molecule has 4 N–H and O–H groups in total. The zero-order valence-corrected chi connectivity index (χ0v) is 12.6. The number of pyridine rings is 1. The Morgan fingerprint density at radius 2 is 2.38 bits per heavy atom. The number of nitrogen functional groups attached to an aromatic ring is 1. The molecule has 2 rings (SSSR count). The van der Waals surface area contributed by atoms with E-state index in [-0.39, 0.29) is 5.91 Å². The molecule has 1 aliphatic rings. The van der Waals surface area contributed by atoms with Crippen molar-refractivity contribution >= 4 is 11.7 Å². The molecule has 1 saturated heterocycles. The molecule has 21 heavy (non-hydrogen) atoms. The van der Waals surface area contributed by atoms with E-state index in [4.69, 9.17) is 5.84 Å². The summed E-state index contributed by atoms with van der Waals surface area (Å²) in [7, 11) is 0. The van der Waals surface area contributed by atoms with Gasteiger partial charge in [0.2, 0.25) is 0 Å². The molecule has 0 radical (unpaired) electrons. The van der Waals surface area contributed by atoms with Gasteiger partial charge in [-0.25, -0.2) is 10.8 Å².